The molecule has 2 heterocycles. The molecule has 0 aliphatic carbocycles. The summed E-state index contributed by atoms with van der Waals surface area (Å²) in [6, 6.07) is 4.13. The lowest BCUT2D eigenvalue weighted by Gasteiger charge is -2.15. The average molecular weight is 315 g/mol. The Morgan fingerprint density at radius 2 is 2.40 bits per heavy atom. The summed E-state index contributed by atoms with van der Waals surface area (Å²) >= 11 is 1.73. The summed E-state index contributed by atoms with van der Waals surface area (Å²) in [6.07, 6.45) is 1.58. The van der Waals surface area contributed by atoms with E-state index in [0.29, 0.717) is 18.9 Å². The number of aliphatic imine (C=N–C) groups is 1. The molecule has 1 aromatic rings. The van der Waals surface area contributed by atoms with Crippen LogP contribution in [0.2, 0.25) is 0 Å². The second-order valence-corrected chi connectivity index (χ2v) is 8.10. The summed E-state index contributed by atoms with van der Waals surface area (Å²) in [6.45, 7) is 3.47. The molecular formula is C13H21N3O2S2. The first-order chi connectivity index (χ1) is 9.59. The Hall–Kier alpha value is -1.08. The SMILES string of the molecule is CCNC(=NCCc1cccs1)NC1CCS(=O)(=O)C1. The zero-order valence-electron chi connectivity index (χ0n) is 11.6. The van der Waals surface area contributed by atoms with Crippen LogP contribution in [0.1, 0.15) is 18.2 Å². The number of nitrogens with zero attached hydrogens (tertiary/aromatic N) is 1. The Kier molecular flexibility index (Phi) is 5.42. The summed E-state index contributed by atoms with van der Waals surface area (Å²) in [5, 5.41) is 8.44. The number of sulfone groups is 1. The van der Waals surface area contributed by atoms with Gasteiger partial charge in [-0.3, -0.25) is 4.99 Å². The maximum Gasteiger partial charge on any atom is 0.191 e. The first kappa shape index (κ1) is 15.3. The third-order valence-electron chi connectivity index (χ3n) is 3.13. The van der Waals surface area contributed by atoms with Crippen molar-refractivity contribution < 1.29 is 8.42 Å². The van der Waals surface area contributed by atoms with Gasteiger partial charge >= 0.3 is 0 Å². The maximum absolute atomic E-state index is 11.5. The van der Waals surface area contributed by atoms with E-state index in [9.17, 15) is 8.42 Å². The highest BCUT2D eigenvalue weighted by Crippen LogP contribution is 2.11. The molecule has 1 aliphatic heterocycles. The van der Waals surface area contributed by atoms with Gasteiger partial charge in [0.1, 0.15) is 0 Å². The van der Waals surface area contributed by atoms with Gasteiger partial charge in [0, 0.05) is 30.4 Å². The molecule has 1 atom stereocenters. The monoisotopic (exact) mass is 315 g/mol. The van der Waals surface area contributed by atoms with Crippen molar-refractivity contribution in [2.45, 2.75) is 25.8 Å². The summed E-state index contributed by atoms with van der Waals surface area (Å²) < 4.78 is 22.9. The Labute approximate surface area is 124 Å². The Morgan fingerprint density at radius 3 is 3.00 bits per heavy atom. The normalized spacial score (nSPS) is 21.9. The van der Waals surface area contributed by atoms with Gasteiger partial charge in [0.15, 0.2) is 15.8 Å². The van der Waals surface area contributed by atoms with Crippen molar-refractivity contribution in [1.29, 1.82) is 0 Å². The third-order valence-corrected chi connectivity index (χ3v) is 5.83. The van der Waals surface area contributed by atoms with Crippen LogP contribution in [0, 0.1) is 0 Å². The van der Waals surface area contributed by atoms with Gasteiger partial charge < -0.3 is 10.6 Å². The minimum atomic E-state index is -2.86. The predicted molar refractivity (Wildman–Crippen MR) is 84.2 cm³/mol. The lowest BCUT2D eigenvalue weighted by molar-refractivity contribution is 0.599. The smallest absolute Gasteiger partial charge is 0.191 e. The van der Waals surface area contributed by atoms with Crippen LogP contribution in [0.5, 0.6) is 0 Å². The van der Waals surface area contributed by atoms with Crippen molar-refractivity contribution in [3.8, 4) is 0 Å². The number of rotatable bonds is 5. The zero-order chi connectivity index (χ0) is 14.4. The molecule has 5 nitrogen and oxygen atoms in total. The van der Waals surface area contributed by atoms with Gasteiger partial charge in [-0.2, -0.15) is 0 Å². The standard InChI is InChI=1S/C13H21N3O2S2/c1-2-14-13(15-7-5-12-4-3-8-19-12)16-11-6-9-20(17,18)10-11/h3-4,8,11H,2,5-7,9-10H2,1H3,(H2,14,15,16). The zero-order valence-corrected chi connectivity index (χ0v) is 13.3. The van der Waals surface area contributed by atoms with Crippen LogP contribution in [-0.2, 0) is 16.3 Å². The van der Waals surface area contributed by atoms with Crippen LogP contribution < -0.4 is 10.6 Å². The Bertz CT molecular complexity index is 538. The minimum absolute atomic E-state index is 0.0143. The van der Waals surface area contributed by atoms with E-state index < -0.39 is 9.84 Å². The van der Waals surface area contributed by atoms with Crippen molar-refractivity contribution in [1.82, 2.24) is 10.6 Å². The second kappa shape index (κ2) is 7.08. The van der Waals surface area contributed by atoms with E-state index in [2.05, 4.69) is 27.1 Å². The van der Waals surface area contributed by atoms with E-state index in [1.165, 1.54) is 4.88 Å². The molecular weight excluding hydrogens is 294 g/mol. The molecule has 2 rings (SSSR count). The van der Waals surface area contributed by atoms with E-state index in [1.54, 1.807) is 11.3 Å². The Balaban J connectivity index is 1.86. The van der Waals surface area contributed by atoms with Gasteiger partial charge in [-0.05, 0) is 24.8 Å². The topological polar surface area (TPSA) is 70.6 Å². The van der Waals surface area contributed by atoms with E-state index in [-0.39, 0.29) is 17.5 Å². The highest BCUT2D eigenvalue weighted by atomic mass is 32.2. The lowest BCUT2D eigenvalue weighted by atomic mass is 10.3. The number of hydrogen-bond acceptors (Lipinski definition) is 4. The first-order valence-electron chi connectivity index (χ1n) is 6.87. The molecule has 2 N–H and O–H groups in total. The molecule has 1 aromatic heterocycles. The van der Waals surface area contributed by atoms with Crippen LogP contribution in [0.4, 0.5) is 0 Å². The molecule has 0 radical (unpaired) electrons. The molecule has 7 heteroatoms. The molecule has 1 fully saturated rings. The summed E-state index contributed by atoms with van der Waals surface area (Å²) in [4.78, 5) is 5.82. The van der Waals surface area contributed by atoms with Gasteiger partial charge in [0.2, 0.25) is 0 Å². The fourth-order valence-corrected chi connectivity index (χ4v) is 4.53. The minimum Gasteiger partial charge on any atom is -0.357 e. The van der Waals surface area contributed by atoms with Crippen LogP contribution in [0.15, 0.2) is 22.5 Å². The highest BCUT2D eigenvalue weighted by Gasteiger charge is 2.28. The number of thiophene rings is 1. The summed E-state index contributed by atoms with van der Waals surface area (Å²) in [7, 11) is -2.86. The van der Waals surface area contributed by atoms with Crippen LogP contribution in [0.3, 0.4) is 0 Å². The second-order valence-electron chi connectivity index (χ2n) is 4.83. The van der Waals surface area contributed by atoms with Gasteiger partial charge in [-0.15, -0.1) is 11.3 Å². The molecule has 20 heavy (non-hydrogen) atoms. The molecule has 1 unspecified atom stereocenters. The molecule has 0 spiro atoms. The third kappa shape index (κ3) is 4.79. The van der Waals surface area contributed by atoms with E-state index in [1.807, 2.05) is 13.0 Å². The maximum atomic E-state index is 11.5. The summed E-state index contributed by atoms with van der Waals surface area (Å²) in [5.74, 6) is 1.20. The number of guanidine groups is 1. The quantitative estimate of drug-likeness (QED) is 0.629. The highest BCUT2D eigenvalue weighted by molar-refractivity contribution is 7.91. The summed E-state index contributed by atoms with van der Waals surface area (Å²) in [5.41, 5.74) is 0. The molecule has 1 aliphatic rings. The fraction of sp³-hybridized carbons (Fsp3) is 0.615. The predicted octanol–water partition coefficient (Wildman–Crippen LogP) is 1.03. The molecule has 0 saturated carbocycles. The molecule has 0 aromatic carbocycles. The number of hydrogen-bond donors (Lipinski definition) is 2. The fourth-order valence-electron chi connectivity index (χ4n) is 2.15. The van der Waals surface area contributed by atoms with Crippen molar-refractivity contribution in [2.24, 2.45) is 4.99 Å². The van der Waals surface area contributed by atoms with Gasteiger partial charge in [0.05, 0.1) is 11.5 Å². The first-order valence-corrected chi connectivity index (χ1v) is 9.57. The van der Waals surface area contributed by atoms with Crippen molar-refractivity contribution in [2.75, 3.05) is 24.6 Å². The van der Waals surface area contributed by atoms with Gasteiger partial charge in [0.25, 0.3) is 0 Å². The Morgan fingerprint density at radius 1 is 1.55 bits per heavy atom. The molecule has 0 bridgehead atoms. The van der Waals surface area contributed by atoms with Crippen LogP contribution in [-0.4, -0.2) is 45.0 Å². The van der Waals surface area contributed by atoms with E-state index >= 15 is 0 Å². The van der Waals surface area contributed by atoms with Crippen LogP contribution in [0.25, 0.3) is 0 Å². The molecule has 112 valence electrons. The van der Waals surface area contributed by atoms with Gasteiger partial charge in [-0.25, -0.2) is 8.42 Å². The number of nitrogens with one attached hydrogen (secondary N) is 2. The largest absolute Gasteiger partial charge is 0.357 e. The van der Waals surface area contributed by atoms with Crippen LogP contribution >= 0.6 is 11.3 Å². The van der Waals surface area contributed by atoms with E-state index in [0.717, 1.165) is 13.0 Å². The van der Waals surface area contributed by atoms with E-state index in [4.69, 9.17) is 0 Å². The average Bonchev–Trinajstić information content (AvgIpc) is 2.99. The van der Waals surface area contributed by atoms with Gasteiger partial charge in [-0.1, -0.05) is 6.07 Å². The molecule has 0 amide bonds. The lowest BCUT2D eigenvalue weighted by Crippen LogP contribution is -2.44. The van der Waals surface area contributed by atoms with Crippen molar-refractivity contribution >= 4 is 27.1 Å². The van der Waals surface area contributed by atoms with Crippen molar-refractivity contribution in [3.05, 3.63) is 22.4 Å². The molecule has 1 saturated heterocycles. The van der Waals surface area contributed by atoms with Crippen molar-refractivity contribution in [3.63, 3.8) is 0 Å².